The van der Waals surface area contributed by atoms with E-state index in [4.69, 9.17) is 14.1 Å². The lowest BCUT2D eigenvalue weighted by molar-refractivity contribution is 0.0877. The maximum atomic E-state index is 6.16. The van der Waals surface area contributed by atoms with Crippen molar-refractivity contribution in [3.63, 3.8) is 0 Å². The summed E-state index contributed by atoms with van der Waals surface area (Å²) in [5, 5.41) is 1.22. The molecule has 1 atom stereocenters. The maximum Gasteiger partial charge on any atom is 0.231 e. The molecule has 2 aromatic carbocycles. The van der Waals surface area contributed by atoms with Crippen LogP contribution in [0.15, 0.2) is 47.0 Å². The van der Waals surface area contributed by atoms with Gasteiger partial charge >= 0.3 is 0 Å². The average molecular weight is 373 g/mol. The number of oxazole rings is 1. The molecular formula is C23H23N3O2. The lowest BCUT2D eigenvalue weighted by atomic mass is 9.75. The molecule has 5 heteroatoms. The van der Waals surface area contributed by atoms with Crippen molar-refractivity contribution in [2.24, 2.45) is 5.92 Å². The number of hydrogen-bond donors (Lipinski definition) is 1. The van der Waals surface area contributed by atoms with Gasteiger partial charge < -0.3 is 19.0 Å². The van der Waals surface area contributed by atoms with E-state index in [0.717, 1.165) is 40.4 Å². The number of para-hydroxylation sites is 1. The minimum Gasteiger partial charge on any atom is -0.496 e. The average Bonchev–Trinajstić information content (AvgIpc) is 3.38. The minimum atomic E-state index is 0.577. The normalized spacial score (nSPS) is 24.2. The van der Waals surface area contributed by atoms with Gasteiger partial charge in [0, 0.05) is 29.6 Å². The van der Waals surface area contributed by atoms with Gasteiger partial charge in [-0.15, -0.1) is 0 Å². The number of fused-ring (bicyclic) bond motifs is 6. The van der Waals surface area contributed by atoms with E-state index in [1.807, 2.05) is 30.3 Å². The second-order valence-corrected chi connectivity index (χ2v) is 8.04. The van der Waals surface area contributed by atoms with E-state index in [1.165, 1.54) is 36.9 Å². The summed E-state index contributed by atoms with van der Waals surface area (Å²) in [5.41, 5.74) is 5.20. The van der Waals surface area contributed by atoms with Crippen LogP contribution >= 0.6 is 0 Å². The van der Waals surface area contributed by atoms with Gasteiger partial charge in [-0.1, -0.05) is 12.1 Å². The Bertz CT molecular complexity index is 1170. The number of nitrogens with zero attached hydrogens (tertiary/aromatic N) is 2. The van der Waals surface area contributed by atoms with Crippen molar-refractivity contribution < 1.29 is 9.15 Å². The summed E-state index contributed by atoms with van der Waals surface area (Å²) in [6.45, 7) is 3.66. The van der Waals surface area contributed by atoms with Crippen LogP contribution in [0.5, 0.6) is 5.75 Å². The van der Waals surface area contributed by atoms with Gasteiger partial charge in [-0.05, 0) is 61.7 Å². The molecule has 28 heavy (non-hydrogen) atoms. The first-order chi connectivity index (χ1) is 13.8. The Labute approximate surface area is 163 Å². The Kier molecular flexibility index (Phi) is 3.53. The number of piperidine rings is 3. The summed E-state index contributed by atoms with van der Waals surface area (Å²) < 4.78 is 11.7. The predicted octanol–water partition coefficient (Wildman–Crippen LogP) is 4.79. The number of aromatic amines is 1. The van der Waals surface area contributed by atoms with Gasteiger partial charge in [0.2, 0.25) is 5.89 Å². The van der Waals surface area contributed by atoms with E-state index in [-0.39, 0.29) is 0 Å². The Hall–Kier alpha value is -2.79. The van der Waals surface area contributed by atoms with Gasteiger partial charge in [-0.2, -0.15) is 0 Å². The number of aromatic nitrogens is 2. The molecule has 3 saturated heterocycles. The third kappa shape index (κ3) is 2.32. The molecule has 7 rings (SSSR count). The summed E-state index contributed by atoms with van der Waals surface area (Å²) in [6.07, 6.45) is 4.81. The van der Waals surface area contributed by atoms with Crippen LogP contribution in [0.4, 0.5) is 0 Å². The smallest absolute Gasteiger partial charge is 0.231 e. The number of benzene rings is 2. The third-order valence-corrected chi connectivity index (χ3v) is 6.63. The number of hydrogen-bond acceptors (Lipinski definition) is 4. The topological polar surface area (TPSA) is 54.3 Å². The first kappa shape index (κ1) is 16.2. The Balaban J connectivity index is 1.53. The fraction of sp³-hybridized carbons (Fsp3) is 0.348. The van der Waals surface area contributed by atoms with Crippen molar-refractivity contribution in [1.29, 1.82) is 0 Å². The van der Waals surface area contributed by atoms with E-state index in [9.17, 15) is 0 Å². The summed E-state index contributed by atoms with van der Waals surface area (Å²) >= 11 is 0. The molecule has 0 radical (unpaired) electrons. The van der Waals surface area contributed by atoms with Crippen LogP contribution in [0.25, 0.3) is 33.5 Å². The van der Waals surface area contributed by atoms with E-state index in [1.54, 1.807) is 7.11 Å². The molecule has 2 aromatic heterocycles. The summed E-state index contributed by atoms with van der Waals surface area (Å²) in [7, 11) is 1.68. The summed E-state index contributed by atoms with van der Waals surface area (Å²) in [5.74, 6) is 2.74. The van der Waals surface area contributed by atoms with Crippen LogP contribution in [0.2, 0.25) is 0 Å². The Morgan fingerprint density at radius 1 is 1.14 bits per heavy atom. The molecule has 0 saturated carbocycles. The number of rotatable bonds is 3. The second-order valence-electron chi connectivity index (χ2n) is 8.04. The number of methoxy groups -OCH3 is 1. The maximum absolute atomic E-state index is 6.16. The fourth-order valence-corrected chi connectivity index (χ4v) is 5.18. The standard InChI is InChI=1S/C23H23N3O2/c1-27-19-5-3-2-4-15(19)23-25-22-20(28-23)7-6-18-21(22)16(12-24-18)17-13-26-10-8-14(17)9-11-26/h2-7,12,14,17,24H,8-11,13H2,1H3. The lowest BCUT2D eigenvalue weighted by Crippen LogP contribution is -2.46. The van der Waals surface area contributed by atoms with Crippen molar-refractivity contribution in [1.82, 2.24) is 14.9 Å². The highest BCUT2D eigenvalue weighted by Crippen LogP contribution is 2.43. The zero-order valence-corrected chi connectivity index (χ0v) is 15.9. The first-order valence-corrected chi connectivity index (χ1v) is 10.1. The van der Waals surface area contributed by atoms with Gasteiger partial charge in [-0.3, -0.25) is 0 Å². The van der Waals surface area contributed by atoms with Crippen molar-refractivity contribution in [2.75, 3.05) is 26.7 Å². The molecule has 3 aliphatic heterocycles. The predicted molar refractivity (Wildman–Crippen MR) is 110 cm³/mol. The monoisotopic (exact) mass is 373 g/mol. The lowest BCUT2D eigenvalue weighted by Gasteiger charge is -2.44. The highest BCUT2D eigenvalue weighted by atomic mass is 16.5. The van der Waals surface area contributed by atoms with Gasteiger partial charge in [0.15, 0.2) is 5.58 Å². The second kappa shape index (κ2) is 6.11. The molecule has 3 fully saturated rings. The van der Waals surface area contributed by atoms with E-state index in [0.29, 0.717) is 11.8 Å². The van der Waals surface area contributed by atoms with Crippen LogP contribution in [0, 0.1) is 5.92 Å². The van der Waals surface area contributed by atoms with E-state index >= 15 is 0 Å². The SMILES string of the molecule is COc1ccccc1-c1nc2c(ccc3[nH]cc(C4CN5CCC4CC5)c32)o1. The van der Waals surface area contributed by atoms with Crippen molar-refractivity contribution >= 4 is 22.0 Å². The molecule has 3 aliphatic rings. The molecule has 0 aliphatic carbocycles. The summed E-state index contributed by atoms with van der Waals surface area (Å²) in [6, 6.07) is 12.0. The van der Waals surface area contributed by atoms with Crippen LogP contribution in [0.3, 0.4) is 0 Å². The zero-order chi connectivity index (χ0) is 18.7. The molecule has 5 nitrogen and oxygen atoms in total. The van der Waals surface area contributed by atoms with Crippen LogP contribution in [0.1, 0.15) is 24.3 Å². The molecule has 1 unspecified atom stereocenters. The van der Waals surface area contributed by atoms with Crippen LogP contribution in [-0.4, -0.2) is 41.6 Å². The molecule has 0 amide bonds. The van der Waals surface area contributed by atoms with E-state index in [2.05, 4.69) is 22.1 Å². The van der Waals surface area contributed by atoms with Gasteiger partial charge in [0.1, 0.15) is 11.3 Å². The molecule has 0 spiro atoms. The molecular weight excluding hydrogens is 350 g/mol. The number of nitrogens with one attached hydrogen (secondary N) is 1. The van der Waals surface area contributed by atoms with E-state index < -0.39 is 0 Å². The zero-order valence-electron chi connectivity index (χ0n) is 15.9. The Morgan fingerprint density at radius 2 is 2.00 bits per heavy atom. The highest BCUT2D eigenvalue weighted by molar-refractivity contribution is 6.05. The Morgan fingerprint density at radius 3 is 2.79 bits per heavy atom. The number of ether oxygens (including phenoxy) is 1. The van der Waals surface area contributed by atoms with Crippen LogP contribution in [-0.2, 0) is 0 Å². The molecule has 142 valence electrons. The molecule has 1 N–H and O–H groups in total. The summed E-state index contributed by atoms with van der Waals surface area (Å²) in [4.78, 5) is 11.0. The molecule has 2 bridgehead atoms. The molecule has 4 aromatic rings. The first-order valence-electron chi connectivity index (χ1n) is 10.1. The van der Waals surface area contributed by atoms with Gasteiger partial charge in [0.25, 0.3) is 0 Å². The number of H-pyrrole nitrogens is 1. The minimum absolute atomic E-state index is 0.577. The van der Waals surface area contributed by atoms with Crippen molar-refractivity contribution in [3.05, 3.63) is 48.2 Å². The van der Waals surface area contributed by atoms with Crippen LogP contribution < -0.4 is 4.74 Å². The third-order valence-electron chi connectivity index (χ3n) is 6.63. The van der Waals surface area contributed by atoms with Gasteiger partial charge in [-0.25, -0.2) is 4.98 Å². The fourth-order valence-electron chi connectivity index (χ4n) is 5.18. The van der Waals surface area contributed by atoms with Crippen molar-refractivity contribution in [2.45, 2.75) is 18.8 Å². The molecule has 5 heterocycles. The van der Waals surface area contributed by atoms with Gasteiger partial charge in [0.05, 0.1) is 12.7 Å². The quantitative estimate of drug-likeness (QED) is 0.561. The van der Waals surface area contributed by atoms with Crippen molar-refractivity contribution in [3.8, 4) is 17.2 Å². The highest BCUT2D eigenvalue weighted by Gasteiger charge is 2.36. The largest absolute Gasteiger partial charge is 0.496 e.